The Morgan fingerprint density at radius 1 is 0.952 bits per heavy atom. The van der Waals surface area contributed by atoms with E-state index in [1.54, 1.807) is 53.5 Å². The normalized spacial score (nSPS) is 23.6. The number of aliphatic hydroxyl groups is 2. The standard InChI is InChI=1S/C47H55N3O12/c1-3-5-23-57-46(54)49(28-32-14-18-41-42(24-32)59-30-58-41)43-27-39(48-61-29-31-12-15-34(16-13-31)50(55)56)37-25-33(10-6-8-20-51)36(11-7-9-21-52)44-38-26-35(53)17-19-40(38)62-47(43,45(37)44)60-22-4-2/h3-4,12-19,24-26,33,36,43-45,51-53H,1-2,5-11,20-23,27-30H2. The number of aliphatic hydroxyl groups excluding tert-OH is 2. The van der Waals surface area contributed by atoms with E-state index in [1.165, 1.54) is 12.1 Å². The van der Waals surface area contributed by atoms with Crippen molar-refractivity contribution in [1.82, 2.24) is 4.90 Å². The third-order valence-electron chi connectivity index (χ3n) is 12.2. The molecule has 62 heavy (non-hydrogen) atoms. The number of nitrogens with zero attached hydrogens (tertiary/aromatic N) is 3. The Bertz CT molecular complexity index is 2140. The quantitative estimate of drug-likeness (QED) is 0.0405. The first-order chi connectivity index (χ1) is 30.2. The second-order valence-corrected chi connectivity index (χ2v) is 16.0. The first kappa shape index (κ1) is 44.2. The summed E-state index contributed by atoms with van der Waals surface area (Å²) in [7, 11) is 0. The summed E-state index contributed by atoms with van der Waals surface area (Å²) in [4.78, 5) is 33.3. The molecule has 2 aliphatic heterocycles. The maximum atomic E-state index is 14.7. The summed E-state index contributed by atoms with van der Waals surface area (Å²) in [6.45, 7) is 8.15. The molecule has 2 heterocycles. The number of hydrogen-bond acceptors (Lipinski definition) is 13. The molecule has 0 bridgehead atoms. The van der Waals surface area contributed by atoms with Gasteiger partial charge in [-0.3, -0.25) is 15.0 Å². The van der Waals surface area contributed by atoms with Crippen LogP contribution in [-0.4, -0.2) is 82.0 Å². The van der Waals surface area contributed by atoms with E-state index in [4.69, 9.17) is 33.7 Å². The average molecular weight is 854 g/mol. The van der Waals surface area contributed by atoms with E-state index in [2.05, 4.69) is 19.2 Å². The molecule has 0 aromatic heterocycles. The van der Waals surface area contributed by atoms with E-state index >= 15 is 0 Å². The van der Waals surface area contributed by atoms with Gasteiger partial charge in [-0.1, -0.05) is 42.3 Å². The SMILES string of the molecule is C=CCCOC(=O)N(Cc1ccc2c(c1)OCO2)C1CC(=NOCc2ccc([N+](=O)[O-])cc2)C2=CC(CCCCO)C(CCCCO)C3c4cc(O)ccc4OC1(OCC=C)C23. The Morgan fingerprint density at radius 2 is 1.69 bits per heavy atom. The summed E-state index contributed by atoms with van der Waals surface area (Å²) in [6, 6.07) is 15.7. The maximum absolute atomic E-state index is 14.7. The molecule has 3 aromatic carbocycles. The minimum atomic E-state index is -1.56. The first-order valence-corrected chi connectivity index (χ1v) is 21.3. The highest BCUT2D eigenvalue weighted by Crippen LogP contribution is 2.62. The van der Waals surface area contributed by atoms with Gasteiger partial charge in [-0.05, 0) is 103 Å². The predicted molar refractivity (Wildman–Crippen MR) is 229 cm³/mol. The lowest BCUT2D eigenvalue weighted by Crippen LogP contribution is -2.70. The molecule has 1 saturated carbocycles. The Hall–Kier alpha value is -5.90. The van der Waals surface area contributed by atoms with E-state index in [9.17, 15) is 30.2 Å². The van der Waals surface area contributed by atoms with Crippen molar-refractivity contribution in [2.75, 3.05) is 33.2 Å². The van der Waals surface area contributed by atoms with Crippen molar-refractivity contribution in [3.8, 4) is 23.0 Å². The molecule has 0 spiro atoms. The number of unbranched alkanes of at least 4 members (excludes halogenated alkanes) is 2. The van der Waals surface area contributed by atoms with E-state index in [-0.39, 0.29) is 82.0 Å². The van der Waals surface area contributed by atoms with Crippen LogP contribution in [0.15, 0.2) is 103 Å². The number of fused-ring (bicyclic) bond motifs is 3. The minimum Gasteiger partial charge on any atom is -0.508 e. The van der Waals surface area contributed by atoms with Crippen molar-refractivity contribution in [2.24, 2.45) is 22.9 Å². The van der Waals surface area contributed by atoms with Crippen LogP contribution in [0.2, 0.25) is 0 Å². The number of nitro groups is 1. The maximum Gasteiger partial charge on any atom is 0.410 e. The lowest BCUT2D eigenvalue weighted by Gasteiger charge is -2.59. The molecular weight excluding hydrogens is 799 g/mol. The molecule has 6 atom stereocenters. The number of rotatable bonds is 21. The number of carbonyl (C=O) groups is 1. The van der Waals surface area contributed by atoms with Gasteiger partial charge in [0.2, 0.25) is 12.6 Å². The van der Waals surface area contributed by atoms with E-state index in [0.717, 1.165) is 42.4 Å². The van der Waals surface area contributed by atoms with Crippen molar-refractivity contribution in [2.45, 2.75) is 82.3 Å². The Labute approximate surface area is 361 Å². The van der Waals surface area contributed by atoms with Gasteiger partial charge < -0.3 is 43.8 Å². The minimum absolute atomic E-state index is 0.00701. The second-order valence-electron chi connectivity index (χ2n) is 16.0. The van der Waals surface area contributed by atoms with Gasteiger partial charge in [-0.15, -0.1) is 13.2 Å². The highest BCUT2D eigenvalue weighted by atomic mass is 16.7. The molecule has 1 amide bonds. The van der Waals surface area contributed by atoms with Crippen molar-refractivity contribution < 1.29 is 53.6 Å². The largest absolute Gasteiger partial charge is 0.508 e. The first-order valence-electron chi connectivity index (χ1n) is 21.3. The molecule has 4 aliphatic rings. The van der Waals surface area contributed by atoms with E-state index in [0.29, 0.717) is 47.8 Å². The number of oxime groups is 1. The molecule has 3 N–H and O–H groups in total. The molecule has 7 rings (SSSR count). The van der Waals surface area contributed by atoms with Gasteiger partial charge in [0.15, 0.2) is 11.5 Å². The molecule has 0 radical (unpaired) electrons. The number of phenolic OH excluding ortho intramolecular Hbond substituents is 1. The third-order valence-corrected chi connectivity index (χ3v) is 12.2. The number of aromatic hydroxyl groups is 1. The van der Waals surface area contributed by atoms with Crippen LogP contribution < -0.4 is 14.2 Å². The zero-order valence-corrected chi connectivity index (χ0v) is 34.8. The average Bonchev–Trinajstić information content (AvgIpc) is 3.75. The summed E-state index contributed by atoms with van der Waals surface area (Å²) in [6.07, 6.45) is 9.61. The number of benzene rings is 3. The smallest absolute Gasteiger partial charge is 0.410 e. The number of ether oxygens (including phenoxy) is 5. The summed E-state index contributed by atoms with van der Waals surface area (Å²) in [5.41, 5.74) is 3.49. The number of non-ortho nitro benzene ring substituents is 1. The van der Waals surface area contributed by atoms with Crippen LogP contribution in [-0.2, 0) is 27.5 Å². The number of amides is 1. The Balaban J connectivity index is 1.42. The van der Waals surface area contributed by atoms with Crippen molar-refractivity contribution in [3.63, 3.8) is 0 Å². The number of allylic oxidation sites excluding steroid dienone is 1. The topological polar surface area (TPSA) is 192 Å². The van der Waals surface area contributed by atoms with Crippen molar-refractivity contribution in [1.29, 1.82) is 0 Å². The van der Waals surface area contributed by atoms with Gasteiger partial charge in [-0.25, -0.2) is 4.79 Å². The van der Waals surface area contributed by atoms with Gasteiger partial charge in [0.1, 0.15) is 24.1 Å². The van der Waals surface area contributed by atoms with Crippen LogP contribution in [0.5, 0.6) is 23.0 Å². The van der Waals surface area contributed by atoms with Crippen LogP contribution in [0.1, 0.15) is 74.0 Å². The molecule has 15 heteroatoms. The van der Waals surface area contributed by atoms with Crippen LogP contribution in [0.3, 0.4) is 0 Å². The van der Waals surface area contributed by atoms with Crippen LogP contribution in [0.25, 0.3) is 0 Å². The number of carbonyl (C=O) groups excluding carboxylic acids is 1. The zero-order chi connectivity index (χ0) is 43.6. The summed E-state index contributed by atoms with van der Waals surface area (Å²) < 4.78 is 31.5. The number of nitro benzene ring substituents is 1. The molecule has 1 fully saturated rings. The molecule has 15 nitrogen and oxygen atoms in total. The Morgan fingerprint density at radius 3 is 2.44 bits per heavy atom. The summed E-state index contributed by atoms with van der Waals surface area (Å²) >= 11 is 0. The fourth-order valence-corrected chi connectivity index (χ4v) is 9.41. The van der Waals surface area contributed by atoms with Crippen molar-refractivity contribution >= 4 is 17.5 Å². The summed E-state index contributed by atoms with van der Waals surface area (Å²) in [5, 5.41) is 46.9. The predicted octanol–water partition coefficient (Wildman–Crippen LogP) is 8.08. The molecular formula is C47H55N3O12. The highest BCUT2D eigenvalue weighted by molar-refractivity contribution is 6.03. The second kappa shape index (κ2) is 20.3. The number of hydrogen-bond donors (Lipinski definition) is 3. The Kier molecular flexibility index (Phi) is 14.5. The van der Waals surface area contributed by atoms with Gasteiger partial charge >= 0.3 is 6.09 Å². The van der Waals surface area contributed by atoms with Crippen LogP contribution in [0.4, 0.5) is 10.5 Å². The molecule has 2 aliphatic carbocycles. The van der Waals surface area contributed by atoms with Gasteiger partial charge in [0, 0.05) is 49.8 Å². The molecule has 6 unspecified atom stereocenters. The van der Waals surface area contributed by atoms with Crippen molar-refractivity contribution in [3.05, 3.63) is 124 Å². The van der Waals surface area contributed by atoms with E-state index < -0.39 is 28.8 Å². The lowest BCUT2D eigenvalue weighted by atomic mass is 9.55. The number of phenols is 1. The van der Waals surface area contributed by atoms with Crippen LogP contribution >= 0.6 is 0 Å². The zero-order valence-electron chi connectivity index (χ0n) is 34.8. The monoisotopic (exact) mass is 853 g/mol. The van der Waals surface area contributed by atoms with E-state index in [1.807, 2.05) is 12.1 Å². The van der Waals surface area contributed by atoms with Gasteiger partial charge in [0.25, 0.3) is 5.69 Å². The van der Waals surface area contributed by atoms with Gasteiger partial charge in [0.05, 0.1) is 29.8 Å². The lowest BCUT2D eigenvalue weighted by molar-refractivity contribution is -0.384. The molecule has 3 aromatic rings. The van der Waals surface area contributed by atoms with Gasteiger partial charge in [-0.2, -0.15) is 0 Å². The summed E-state index contributed by atoms with van der Waals surface area (Å²) in [5.74, 6) is -0.899. The molecule has 330 valence electrons. The van der Waals surface area contributed by atoms with Crippen LogP contribution in [0, 0.1) is 27.9 Å². The fourth-order valence-electron chi connectivity index (χ4n) is 9.41. The fraction of sp³-hybridized carbons (Fsp3) is 0.447. The third kappa shape index (κ3) is 9.44. The molecule has 0 saturated heterocycles. The highest BCUT2D eigenvalue weighted by Gasteiger charge is 2.65.